The lowest BCUT2D eigenvalue weighted by Gasteiger charge is -2.30. The minimum Gasteiger partial charge on any atom is -0.457 e. The number of aromatic nitrogens is 2. The van der Waals surface area contributed by atoms with E-state index in [4.69, 9.17) is 9.72 Å². The van der Waals surface area contributed by atoms with Crippen molar-refractivity contribution in [3.8, 4) is 39.6 Å². The predicted octanol–water partition coefficient (Wildman–Crippen LogP) is 16.4. The summed E-state index contributed by atoms with van der Waals surface area (Å²) in [5, 5.41) is 2.31. The Balaban J connectivity index is 1.12. The van der Waals surface area contributed by atoms with Crippen LogP contribution in [-0.2, 0) is 0 Å². The van der Waals surface area contributed by atoms with E-state index in [0.717, 1.165) is 67.4 Å². The summed E-state index contributed by atoms with van der Waals surface area (Å²) in [5.74, 6) is 2.99. The number of rotatable bonds is 10. The van der Waals surface area contributed by atoms with Crippen molar-refractivity contribution in [2.75, 3.05) is 16.5 Å². The number of ether oxygens (including phenoxy) is 1. The fraction of sp³-hybridized carbons (Fsp3) is 0.190. The molecule has 0 radical (unpaired) electrons. The van der Waals surface area contributed by atoms with E-state index in [1.54, 1.807) is 12.1 Å². The highest BCUT2D eigenvalue weighted by Gasteiger charge is 2.33. The van der Waals surface area contributed by atoms with Gasteiger partial charge in [0.15, 0.2) is 0 Å². The van der Waals surface area contributed by atoms with Crippen molar-refractivity contribution in [1.82, 2.24) is 9.55 Å². The molecule has 0 atom stereocenters. The van der Waals surface area contributed by atoms with Crippen LogP contribution in [0.15, 0.2) is 164 Å². The maximum Gasteiger partial charge on any atom is 0.137 e. The Hall–Kier alpha value is -7.18. The number of hydrogen-bond donors (Lipinski definition) is 0. The van der Waals surface area contributed by atoms with E-state index >= 15 is 0 Å². The second-order valence-corrected chi connectivity index (χ2v) is 18.1. The van der Waals surface area contributed by atoms with E-state index in [2.05, 4.69) is 178 Å². The summed E-state index contributed by atoms with van der Waals surface area (Å²) >= 11 is 0. The van der Waals surface area contributed by atoms with Crippen LogP contribution < -0.4 is 14.5 Å². The minimum absolute atomic E-state index is 0.228. The SMILES string of the molecule is Cc1ccc2c(c1)N(c1c(C(C)C)cc(-c3ccc(F)cc3)cc1C(C)C)CN2c1cc(Oc2ccc3c4ccccc4n(-c4ccccn4)c3c2)cc(-c2cccc(C(C)C)c2)c1. The Labute approximate surface area is 376 Å². The first-order valence-corrected chi connectivity index (χ1v) is 22.5. The molecule has 318 valence electrons. The Bertz CT molecular complexity index is 3160. The number of anilines is 4. The number of hydrogen-bond acceptors (Lipinski definition) is 4. The first kappa shape index (κ1) is 40.9. The van der Waals surface area contributed by atoms with Gasteiger partial charge in [0.2, 0.25) is 0 Å². The number of nitrogens with zero attached hydrogens (tertiary/aromatic N) is 4. The highest BCUT2D eigenvalue weighted by molar-refractivity contribution is 6.09. The number of pyridine rings is 1. The standard InChI is InChI=1S/C58H53FN4O/c1-36(2)41-13-12-14-42(28-41)43-29-46(33-48(30-43)64-47-23-24-50-49-15-8-9-16-53(49)63(55(50)34-47)57-17-10-11-26-60-57)61-35-62(56-27-39(7)18-25-54(56)61)58-51(37(3)4)31-44(32-52(58)38(5)6)40-19-21-45(59)22-20-40/h8-34,36-38H,35H2,1-7H3. The van der Waals surface area contributed by atoms with E-state index in [0.29, 0.717) is 12.6 Å². The summed E-state index contributed by atoms with van der Waals surface area (Å²) in [6.45, 7) is 16.4. The summed E-state index contributed by atoms with van der Waals surface area (Å²) < 4.78 is 23.3. The van der Waals surface area contributed by atoms with Gasteiger partial charge in [-0.1, -0.05) is 108 Å². The van der Waals surface area contributed by atoms with Crippen molar-refractivity contribution in [3.63, 3.8) is 0 Å². The number of para-hydroxylation sites is 1. The molecule has 0 unspecified atom stereocenters. The monoisotopic (exact) mass is 840 g/mol. The Morgan fingerprint density at radius 2 is 1.27 bits per heavy atom. The van der Waals surface area contributed by atoms with E-state index in [-0.39, 0.29) is 17.7 Å². The van der Waals surface area contributed by atoms with Crippen LogP contribution in [0.2, 0.25) is 0 Å². The number of benzene rings is 7. The van der Waals surface area contributed by atoms with Gasteiger partial charge >= 0.3 is 0 Å². The van der Waals surface area contributed by atoms with E-state index in [1.165, 1.54) is 39.0 Å². The lowest BCUT2D eigenvalue weighted by molar-refractivity contribution is 0.483. The van der Waals surface area contributed by atoms with Gasteiger partial charge in [-0.15, -0.1) is 0 Å². The second kappa shape index (κ2) is 16.5. The summed E-state index contributed by atoms with van der Waals surface area (Å²) in [5.41, 5.74) is 16.1. The number of halogens is 1. The van der Waals surface area contributed by atoms with Gasteiger partial charge in [0.1, 0.15) is 29.8 Å². The van der Waals surface area contributed by atoms with Crippen LogP contribution in [0.25, 0.3) is 49.9 Å². The molecule has 10 rings (SSSR count). The summed E-state index contributed by atoms with van der Waals surface area (Å²) in [6.07, 6.45) is 1.84. The molecule has 0 saturated heterocycles. The zero-order chi connectivity index (χ0) is 44.2. The van der Waals surface area contributed by atoms with Gasteiger partial charge in [-0.3, -0.25) is 4.57 Å². The molecule has 0 fully saturated rings. The third kappa shape index (κ3) is 7.47. The maximum absolute atomic E-state index is 14.1. The molecule has 5 nitrogen and oxygen atoms in total. The van der Waals surface area contributed by atoms with E-state index in [9.17, 15) is 4.39 Å². The highest BCUT2D eigenvalue weighted by atomic mass is 19.1. The molecule has 1 aliphatic heterocycles. The predicted molar refractivity (Wildman–Crippen MR) is 265 cm³/mol. The van der Waals surface area contributed by atoms with Gasteiger partial charge in [-0.05, 0) is 148 Å². The maximum atomic E-state index is 14.1. The summed E-state index contributed by atoms with van der Waals surface area (Å²) in [4.78, 5) is 9.70. The Kier molecular flexibility index (Phi) is 10.5. The third-order valence-electron chi connectivity index (χ3n) is 12.7. The van der Waals surface area contributed by atoms with Crippen LogP contribution in [0.3, 0.4) is 0 Å². The molecule has 0 bridgehead atoms. The van der Waals surface area contributed by atoms with Gasteiger partial charge in [-0.25, -0.2) is 9.37 Å². The van der Waals surface area contributed by atoms with Gasteiger partial charge < -0.3 is 14.5 Å². The average molecular weight is 841 g/mol. The van der Waals surface area contributed by atoms with Crippen LogP contribution >= 0.6 is 0 Å². The largest absolute Gasteiger partial charge is 0.457 e. The molecular weight excluding hydrogens is 788 g/mol. The fourth-order valence-corrected chi connectivity index (χ4v) is 9.39. The summed E-state index contributed by atoms with van der Waals surface area (Å²) in [7, 11) is 0. The molecule has 0 N–H and O–H groups in total. The molecule has 6 heteroatoms. The molecule has 0 aliphatic carbocycles. The topological polar surface area (TPSA) is 33.5 Å². The van der Waals surface area contributed by atoms with Crippen molar-refractivity contribution in [2.24, 2.45) is 0 Å². The van der Waals surface area contributed by atoms with Gasteiger partial charge in [0.05, 0.1) is 22.4 Å². The van der Waals surface area contributed by atoms with Crippen molar-refractivity contribution in [3.05, 3.63) is 192 Å². The second-order valence-electron chi connectivity index (χ2n) is 18.1. The van der Waals surface area contributed by atoms with Crippen LogP contribution in [0.5, 0.6) is 11.5 Å². The molecule has 3 heterocycles. The smallest absolute Gasteiger partial charge is 0.137 e. The van der Waals surface area contributed by atoms with Gasteiger partial charge in [0.25, 0.3) is 0 Å². The van der Waals surface area contributed by atoms with Crippen LogP contribution in [0.1, 0.15) is 81.5 Å². The van der Waals surface area contributed by atoms with Gasteiger partial charge in [0, 0.05) is 40.5 Å². The lowest BCUT2D eigenvalue weighted by Crippen LogP contribution is -2.26. The molecule has 64 heavy (non-hydrogen) atoms. The first-order valence-electron chi connectivity index (χ1n) is 22.5. The molecular formula is C58H53FN4O. The molecule has 2 aromatic heterocycles. The van der Waals surface area contributed by atoms with Crippen molar-refractivity contribution in [2.45, 2.75) is 66.2 Å². The fourth-order valence-electron chi connectivity index (χ4n) is 9.39. The Morgan fingerprint density at radius 1 is 0.531 bits per heavy atom. The van der Waals surface area contributed by atoms with E-state index in [1.807, 2.05) is 36.5 Å². The third-order valence-corrected chi connectivity index (χ3v) is 12.7. The molecule has 9 aromatic rings. The zero-order valence-electron chi connectivity index (χ0n) is 37.6. The molecule has 0 spiro atoms. The molecule has 1 aliphatic rings. The molecule has 0 amide bonds. The Morgan fingerprint density at radius 3 is 2.00 bits per heavy atom. The minimum atomic E-state index is -0.228. The van der Waals surface area contributed by atoms with Gasteiger partial charge in [-0.2, -0.15) is 0 Å². The summed E-state index contributed by atoms with van der Waals surface area (Å²) in [6, 6.07) is 54.8. The van der Waals surface area contributed by atoms with Crippen LogP contribution in [0, 0.1) is 12.7 Å². The van der Waals surface area contributed by atoms with Crippen LogP contribution in [-0.4, -0.2) is 16.2 Å². The first-order chi connectivity index (χ1) is 31.0. The molecule has 0 saturated carbocycles. The normalized spacial score (nSPS) is 12.7. The quantitative estimate of drug-likeness (QED) is 0.137. The van der Waals surface area contributed by atoms with Crippen molar-refractivity contribution < 1.29 is 9.13 Å². The number of aryl methyl sites for hydroxylation is 1. The lowest BCUT2D eigenvalue weighted by atomic mass is 9.87. The highest BCUT2D eigenvalue weighted by Crippen LogP contribution is 2.51. The zero-order valence-corrected chi connectivity index (χ0v) is 37.6. The average Bonchev–Trinajstić information content (AvgIpc) is 3.84. The van der Waals surface area contributed by atoms with Crippen molar-refractivity contribution in [1.29, 1.82) is 0 Å². The molecule has 7 aromatic carbocycles. The van der Waals surface area contributed by atoms with E-state index < -0.39 is 0 Å². The van der Waals surface area contributed by atoms with Crippen LogP contribution in [0.4, 0.5) is 27.1 Å². The van der Waals surface area contributed by atoms with Crippen molar-refractivity contribution >= 4 is 44.6 Å². The number of fused-ring (bicyclic) bond motifs is 4.